The largest absolute Gasteiger partial charge is 0.391 e. The third-order valence-corrected chi connectivity index (χ3v) is 7.16. The number of hydrogen-bond acceptors (Lipinski definition) is 3. The summed E-state index contributed by atoms with van der Waals surface area (Å²) in [5, 5.41) is 1.24. The lowest BCUT2D eigenvalue weighted by molar-refractivity contribution is 0.174. The minimum absolute atomic E-state index is 0.690. The van der Waals surface area contributed by atoms with Gasteiger partial charge in [-0.15, -0.1) is 0 Å². The molecule has 0 aliphatic rings. The molecule has 120 valence electrons. The van der Waals surface area contributed by atoms with Crippen molar-refractivity contribution in [2.24, 2.45) is 5.73 Å². The van der Waals surface area contributed by atoms with Crippen molar-refractivity contribution < 1.29 is 8.85 Å². The zero-order valence-electron chi connectivity index (χ0n) is 13.6. The van der Waals surface area contributed by atoms with Gasteiger partial charge in [0.05, 0.1) is 0 Å². The molecule has 0 unspecified atom stereocenters. The highest BCUT2D eigenvalue weighted by atomic mass is 28.4. The van der Waals surface area contributed by atoms with Gasteiger partial charge in [0.15, 0.2) is 0 Å². The molecule has 2 N–H and O–H groups in total. The summed E-state index contributed by atoms with van der Waals surface area (Å²) < 4.78 is 12.7. The van der Waals surface area contributed by atoms with Gasteiger partial charge in [-0.25, -0.2) is 0 Å². The Morgan fingerprint density at radius 2 is 1.48 bits per heavy atom. The zero-order chi connectivity index (χ0) is 15.4. The Morgan fingerprint density at radius 1 is 0.905 bits per heavy atom. The van der Waals surface area contributed by atoms with E-state index in [4.69, 9.17) is 14.6 Å². The van der Waals surface area contributed by atoms with Crippen LogP contribution >= 0.6 is 0 Å². The standard InChI is InChI=1S/C17H31NO2Si/c1-3-5-14-19-21(16-10-13-18,20-15-6-4-2)17-11-8-7-9-12-17/h7-9,11-12H,3-6,10,13-16,18H2,1-2H3. The van der Waals surface area contributed by atoms with Gasteiger partial charge in [0.25, 0.3) is 0 Å². The summed E-state index contributed by atoms with van der Waals surface area (Å²) in [5.41, 5.74) is 5.73. The second kappa shape index (κ2) is 11.0. The summed E-state index contributed by atoms with van der Waals surface area (Å²) in [6.07, 6.45) is 5.41. The zero-order valence-corrected chi connectivity index (χ0v) is 14.6. The molecule has 0 fully saturated rings. The Morgan fingerprint density at radius 3 is 1.95 bits per heavy atom. The molecule has 0 saturated carbocycles. The predicted molar refractivity (Wildman–Crippen MR) is 92.0 cm³/mol. The first-order valence-corrected chi connectivity index (χ1v) is 10.3. The minimum Gasteiger partial charge on any atom is -0.391 e. The van der Waals surface area contributed by atoms with E-state index in [1.54, 1.807) is 0 Å². The molecule has 3 nitrogen and oxygen atoms in total. The number of nitrogens with two attached hydrogens (primary N) is 1. The van der Waals surface area contributed by atoms with Crippen molar-refractivity contribution in [2.75, 3.05) is 19.8 Å². The molecule has 0 radical (unpaired) electrons. The molecule has 21 heavy (non-hydrogen) atoms. The van der Waals surface area contributed by atoms with Gasteiger partial charge in [-0.3, -0.25) is 0 Å². The molecule has 1 aromatic rings. The van der Waals surface area contributed by atoms with Gasteiger partial charge in [0.2, 0.25) is 0 Å². The van der Waals surface area contributed by atoms with E-state index in [2.05, 4.69) is 38.1 Å². The minimum atomic E-state index is -2.35. The normalized spacial score (nSPS) is 11.8. The van der Waals surface area contributed by atoms with Crippen LogP contribution in [0.1, 0.15) is 46.0 Å². The lowest BCUT2D eigenvalue weighted by atomic mass is 10.4. The fourth-order valence-corrected chi connectivity index (χ4v) is 5.60. The Balaban J connectivity index is 2.89. The van der Waals surface area contributed by atoms with E-state index in [0.717, 1.165) is 51.4 Å². The molecule has 4 heteroatoms. The third-order valence-electron chi connectivity index (χ3n) is 3.59. The maximum Gasteiger partial charge on any atom is 0.372 e. The molecule has 0 aliphatic carbocycles. The van der Waals surface area contributed by atoms with E-state index in [1.807, 2.05) is 6.07 Å². The molecular weight excluding hydrogens is 278 g/mol. The maximum atomic E-state index is 6.37. The SMILES string of the molecule is CCCCO[Si](CCCN)(OCCCC)c1ccccc1. The maximum absolute atomic E-state index is 6.37. The van der Waals surface area contributed by atoms with Gasteiger partial charge in [-0.1, -0.05) is 57.0 Å². The molecule has 0 saturated heterocycles. The van der Waals surface area contributed by atoms with E-state index in [0.29, 0.717) is 6.54 Å². The van der Waals surface area contributed by atoms with Crippen LogP contribution in [0.5, 0.6) is 0 Å². The average molecular weight is 310 g/mol. The first-order valence-electron chi connectivity index (χ1n) is 8.32. The second-order valence-corrected chi connectivity index (χ2v) is 8.58. The van der Waals surface area contributed by atoms with Crippen molar-refractivity contribution >= 4 is 13.7 Å². The van der Waals surface area contributed by atoms with Crippen LogP contribution in [0, 0.1) is 0 Å². The van der Waals surface area contributed by atoms with Crippen molar-refractivity contribution in [1.29, 1.82) is 0 Å². The first kappa shape index (κ1) is 18.4. The van der Waals surface area contributed by atoms with Crippen LogP contribution in [0.3, 0.4) is 0 Å². The van der Waals surface area contributed by atoms with Crippen LogP contribution in [-0.2, 0) is 8.85 Å². The second-order valence-electron chi connectivity index (χ2n) is 5.42. The Hall–Kier alpha value is -0.683. The summed E-state index contributed by atoms with van der Waals surface area (Å²) >= 11 is 0. The Bertz CT molecular complexity index is 349. The van der Waals surface area contributed by atoms with Crippen LogP contribution in [0.4, 0.5) is 0 Å². The van der Waals surface area contributed by atoms with Crippen LogP contribution in [0.2, 0.25) is 6.04 Å². The van der Waals surface area contributed by atoms with Gasteiger partial charge in [0.1, 0.15) is 0 Å². The molecular formula is C17H31NO2Si. The Labute approximate surface area is 131 Å². The van der Waals surface area contributed by atoms with E-state index in [9.17, 15) is 0 Å². The van der Waals surface area contributed by atoms with Crippen molar-refractivity contribution in [2.45, 2.75) is 52.0 Å². The summed E-state index contributed by atoms with van der Waals surface area (Å²) in [4.78, 5) is 0. The van der Waals surface area contributed by atoms with Gasteiger partial charge in [0, 0.05) is 13.2 Å². The van der Waals surface area contributed by atoms with Gasteiger partial charge < -0.3 is 14.6 Å². The van der Waals surface area contributed by atoms with Gasteiger partial charge >= 0.3 is 8.56 Å². The number of unbranched alkanes of at least 4 members (excludes halogenated alkanes) is 2. The Kier molecular flexibility index (Phi) is 9.59. The van der Waals surface area contributed by atoms with E-state index < -0.39 is 8.56 Å². The van der Waals surface area contributed by atoms with Gasteiger partial charge in [-0.2, -0.15) is 0 Å². The third kappa shape index (κ3) is 6.30. The van der Waals surface area contributed by atoms with Crippen molar-refractivity contribution in [3.63, 3.8) is 0 Å². The highest BCUT2D eigenvalue weighted by Crippen LogP contribution is 2.18. The quantitative estimate of drug-likeness (QED) is 0.476. The van der Waals surface area contributed by atoms with Crippen LogP contribution in [0.25, 0.3) is 0 Å². The van der Waals surface area contributed by atoms with Crippen LogP contribution < -0.4 is 10.9 Å². The topological polar surface area (TPSA) is 44.5 Å². The van der Waals surface area contributed by atoms with Crippen molar-refractivity contribution in [3.8, 4) is 0 Å². The molecule has 0 heterocycles. The van der Waals surface area contributed by atoms with Crippen LogP contribution in [-0.4, -0.2) is 28.3 Å². The lowest BCUT2D eigenvalue weighted by Crippen LogP contribution is -2.54. The monoisotopic (exact) mass is 309 g/mol. The van der Waals surface area contributed by atoms with Crippen molar-refractivity contribution in [3.05, 3.63) is 30.3 Å². The smallest absolute Gasteiger partial charge is 0.372 e. The fourth-order valence-electron chi connectivity index (χ4n) is 2.29. The first-order chi connectivity index (χ1) is 10.3. The summed E-state index contributed by atoms with van der Waals surface area (Å²) in [6.45, 7) is 6.64. The summed E-state index contributed by atoms with van der Waals surface area (Å²) in [5.74, 6) is 0. The molecule has 0 spiro atoms. The van der Waals surface area contributed by atoms with Gasteiger partial charge in [-0.05, 0) is 37.0 Å². The predicted octanol–water partition coefficient (Wildman–Crippen LogP) is 3.32. The van der Waals surface area contributed by atoms with Crippen LogP contribution in [0.15, 0.2) is 30.3 Å². The summed E-state index contributed by atoms with van der Waals surface area (Å²) in [7, 11) is -2.35. The molecule has 0 aromatic heterocycles. The molecule has 0 aliphatic heterocycles. The number of hydrogen-bond donors (Lipinski definition) is 1. The van der Waals surface area contributed by atoms with E-state index >= 15 is 0 Å². The molecule has 0 atom stereocenters. The summed E-state index contributed by atoms with van der Waals surface area (Å²) in [6, 6.07) is 11.4. The van der Waals surface area contributed by atoms with E-state index in [1.165, 1.54) is 5.19 Å². The number of benzene rings is 1. The fraction of sp³-hybridized carbons (Fsp3) is 0.647. The lowest BCUT2D eigenvalue weighted by Gasteiger charge is -2.31. The molecule has 1 aromatic carbocycles. The molecule has 0 bridgehead atoms. The highest BCUT2D eigenvalue weighted by Gasteiger charge is 2.39. The molecule has 1 rings (SSSR count). The van der Waals surface area contributed by atoms with E-state index in [-0.39, 0.29) is 0 Å². The number of rotatable bonds is 12. The van der Waals surface area contributed by atoms with Crippen molar-refractivity contribution in [1.82, 2.24) is 0 Å². The highest BCUT2D eigenvalue weighted by molar-refractivity contribution is 6.81. The average Bonchev–Trinajstić information content (AvgIpc) is 2.53. The molecule has 0 amide bonds.